The quantitative estimate of drug-likeness (QED) is 0.318. The molecule has 2 aromatic rings. The molecular weight excluding hydrogens is 416 g/mol. The smallest absolute Gasteiger partial charge is 0.220 e. The molecule has 0 spiro atoms. The third-order valence-corrected chi connectivity index (χ3v) is 6.48. The minimum absolute atomic E-state index is 0.0198. The number of carbonyl (C=O) groups excluding carboxylic acids is 1. The summed E-state index contributed by atoms with van der Waals surface area (Å²) in [6.45, 7) is 8.36. The molecule has 2 aromatic carbocycles. The molecule has 6 nitrogen and oxygen atoms in total. The Morgan fingerprint density at radius 1 is 1.15 bits per heavy atom. The highest BCUT2D eigenvalue weighted by atomic mass is 16.5. The first-order valence-corrected chi connectivity index (χ1v) is 11.5. The van der Waals surface area contributed by atoms with E-state index in [1.165, 1.54) is 19.8 Å². The molecule has 3 N–H and O–H groups in total. The number of carbonyl (C=O) groups is 1. The van der Waals surface area contributed by atoms with E-state index in [1.807, 2.05) is 37.3 Å². The maximum absolute atomic E-state index is 12.0. The lowest BCUT2D eigenvalue weighted by molar-refractivity contribution is -0.207. The Labute approximate surface area is 196 Å². The van der Waals surface area contributed by atoms with Crippen molar-refractivity contribution in [3.05, 3.63) is 59.2 Å². The number of benzene rings is 2. The Hall–Kier alpha value is -2.83. The minimum atomic E-state index is -0.457. The number of Topliss-reactive ketones (excluding diaryl/α,β-unsaturated/α-hetero) is 1. The van der Waals surface area contributed by atoms with E-state index in [4.69, 9.17) is 20.3 Å². The fourth-order valence-electron chi connectivity index (χ4n) is 4.17. The molecule has 2 fully saturated rings. The number of rotatable bonds is 6. The molecular formula is C27H34N2O4. The molecule has 1 saturated heterocycles. The maximum Gasteiger partial charge on any atom is 0.220 e. The number of hydrogen-bond donors (Lipinski definition) is 3. The number of nitrogens with one attached hydrogen (secondary N) is 2. The van der Waals surface area contributed by atoms with Gasteiger partial charge in [-0.2, -0.15) is 0 Å². The zero-order chi connectivity index (χ0) is 24.2. The van der Waals surface area contributed by atoms with Crippen molar-refractivity contribution in [1.29, 1.82) is 10.8 Å². The van der Waals surface area contributed by atoms with Crippen molar-refractivity contribution < 1.29 is 19.4 Å². The van der Waals surface area contributed by atoms with E-state index in [-0.39, 0.29) is 17.6 Å². The fourth-order valence-corrected chi connectivity index (χ4v) is 4.17. The summed E-state index contributed by atoms with van der Waals surface area (Å²) in [5, 5.41) is 24.8. The average molecular weight is 451 g/mol. The predicted molar refractivity (Wildman–Crippen MR) is 130 cm³/mol. The second kappa shape index (κ2) is 10.4. The van der Waals surface area contributed by atoms with E-state index in [0.29, 0.717) is 24.7 Å². The number of hydrogen-bond acceptors (Lipinski definition) is 6. The van der Waals surface area contributed by atoms with Gasteiger partial charge in [-0.05, 0) is 66.8 Å². The van der Waals surface area contributed by atoms with Crippen LogP contribution in [-0.2, 0) is 15.9 Å². The predicted octanol–water partition coefficient (Wildman–Crippen LogP) is 5.25. The highest BCUT2D eigenvalue weighted by Crippen LogP contribution is 2.44. The van der Waals surface area contributed by atoms with Crippen LogP contribution in [0.15, 0.2) is 42.5 Å². The van der Waals surface area contributed by atoms with Gasteiger partial charge in [0.1, 0.15) is 5.60 Å². The van der Waals surface area contributed by atoms with Gasteiger partial charge in [-0.25, -0.2) is 0 Å². The Bertz CT molecular complexity index is 1020. The van der Waals surface area contributed by atoms with Crippen LogP contribution in [-0.4, -0.2) is 41.5 Å². The highest BCUT2D eigenvalue weighted by molar-refractivity contribution is 6.03. The number of ether oxygens (including phenoxy) is 2. The zero-order valence-electron chi connectivity index (χ0n) is 19.9. The molecule has 1 unspecified atom stereocenters. The summed E-state index contributed by atoms with van der Waals surface area (Å²) in [6.07, 6.45) is 3.42. The molecule has 1 aliphatic carbocycles. The van der Waals surface area contributed by atoms with Gasteiger partial charge in [0.25, 0.3) is 0 Å². The molecule has 1 aliphatic heterocycles. The van der Waals surface area contributed by atoms with Gasteiger partial charge in [0.15, 0.2) is 11.7 Å². The summed E-state index contributed by atoms with van der Waals surface area (Å²) < 4.78 is 9.98. The van der Waals surface area contributed by atoms with E-state index in [9.17, 15) is 9.90 Å². The van der Waals surface area contributed by atoms with Crippen molar-refractivity contribution in [2.75, 3.05) is 13.2 Å². The summed E-state index contributed by atoms with van der Waals surface area (Å²) in [5.74, 6) is 1.22. The lowest BCUT2D eigenvalue weighted by Gasteiger charge is -2.41. The Morgan fingerprint density at radius 2 is 1.79 bits per heavy atom. The molecule has 33 heavy (non-hydrogen) atoms. The lowest BCUT2D eigenvalue weighted by Crippen LogP contribution is -2.55. The summed E-state index contributed by atoms with van der Waals surface area (Å²) in [5.41, 5.74) is 3.75. The van der Waals surface area contributed by atoms with Gasteiger partial charge in [-0.15, -0.1) is 0 Å². The maximum atomic E-state index is 12.0. The number of aliphatic hydroxyl groups is 1. The van der Waals surface area contributed by atoms with E-state index in [0.717, 1.165) is 34.6 Å². The number of aryl methyl sites for hydroxylation is 1. The molecule has 176 valence electrons. The molecule has 1 heterocycles. The summed E-state index contributed by atoms with van der Waals surface area (Å²) in [7, 11) is 0. The van der Waals surface area contributed by atoms with Gasteiger partial charge >= 0.3 is 0 Å². The van der Waals surface area contributed by atoms with Gasteiger partial charge in [0.05, 0.1) is 13.2 Å². The standard InChI is InChI=1S/C19H20N2O2.C8H14O2/c1-4-14-6-5-7-17(18(14)12(2)22)15-8-10-16(11-9-15)19(21)23-13(3)20;1-6(7-2-3-7)8(9)4-10-5-8/h5-11,20-21H,4H2,1-3H3;6-7,9H,2-5H2,1H3. The largest absolute Gasteiger partial charge is 0.426 e. The van der Waals surface area contributed by atoms with Crippen LogP contribution < -0.4 is 0 Å². The van der Waals surface area contributed by atoms with Crippen LogP contribution in [0.2, 0.25) is 0 Å². The number of ketones is 1. The highest BCUT2D eigenvalue weighted by Gasteiger charge is 2.47. The second-order valence-electron chi connectivity index (χ2n) is 9.04. The molecule has 0 bridgehead atoms. The molecule has 1 saturated carbocycles. The molecule has 1 atom stereocenters. The molecule has 0 amide bonds. The van der Waals surface area contributed by atoms with Crippen molar-refractivity contribution in [2.24, 2.45) is 11.8 Å². The monoisotopic (exact) mass is 450 g/mol. The van der Waals surface area contributed by atoms with Crippen LogP contribution in [0.5, 0.6) is 0 Å². The van der Waals surface area contributed by atoms with Crippen LogP contribution in [0.3, 0.4) is 0 Å². The van der Waals surface area contributed by atoms with Crippen molar-refractivity contribution in [2.45, 2.75) is 52.6 Å². The van der Waals surface area contributed by atoms with Gasteiger partial charge in [-0.3, -0.25) is 15.6 Å². The third-order valence-electron chi connectivity index (χ3n) is 6.48. The topological polar surface area (TPSA) is 103 Å². The van der Waals surface area contributed by atoms with Gasteiger partial charge in [-0.1, -0.05) is 44.2 Å². The van der Waals surface area contributed by atoms with E-state index in [1.54, 1.807) is 19.1 Å². The first kappa shape index (κ1) is 24.8. The Kier molecular flexibility index (Phi) is 7.82. The van der Waals surface area contributed by atoms with Crippen LogP contribution in [0.25, 0.3) is 11.1 Å². The second-order valence-corrected chi connectivity index (χ2v) is 9.04. The summed E-state index contributed by atoms with van der Waals surface area (Å²) >= 11 is 0. The molecule has 6 heteroatoms. The van der Waals surface area contributed by atoms with Crippen LogP contribution in [0.1, 0.15) is 62.0 Å². The van der Waals surface area contributed by atoms with Gasteiger partial charge < -0.3 is 14.6 Å². The van der Waals surface area contributed by atoms with E-state index in [2.05, 4.69) is 6.92 Å². The van der Waals surface area contributed by atoms with Crippen LogP contribution >= 0.6 is 0 Å². The molecule has 0 radical (unpaired) electrons. The fraction of sp³-hybridized carbons (Fsp3) is 0.444. The lowest BCUT2D eigenvalue weighted by atomic mass is 9.84. The van der Waals surface area contributed by atoms with E-state index < -0.39 is 5.60 Å². The van der Waals surface area contributed by atoms with Crippen molar-refractivity contribution >= 4 is 17.6 Å². The van der Waals surface area contributed by atoms with Crippen molar-refractivity contribution in [3.8, 4) is 11.1 Å². The average Bonchev–Trinajstić information content (AvgIpc) is 3.62. The van der Waals surface area contributed by atoms with Gasteiger partial charge in [0.2, 0.25) is 5.90 Å². The summed E-state index contributed by atoms with van der Waals surface area (Å²) in [6, 6.07) is 13.1. The first-order valence-electron chi connectivity index (χ1n) is 11.5. The Balaban J connectivity index is 0.000000252. The summed E-state index contributed by atoms with van der Waals surface area (Å²) in [4.78, 5) is 12.0. The Morgan fingerprint density at radius 3 is 2.24 bits per heavy atom. The van der Waals surface area contributed by atoms with Gasteiger partial charge in [0, 0.05) is 18.1 Å². The third kappa shape index (κ3) is 5.95. The zero-order valence-corrected chi connectivity index (χ0v) is 19.9. The molecule has 4 rings (SSSR count). The van der Waals surface area contributed by atoms with Crippen LogP contribution in [0.4, 0.5) is 0 Å². The molecule has 0 aromatic heterocycles. The SMILES string of the molecule is CC(C1CC1)C1(O)COC1.CCc1cccc(-c2ccc(C(=N)OC(C)=N)cc2)c1C(C)=O. The first-order chi connectivity index (χ1) is 15.7. The minimum Gasteiger partial charge on any atom is -0.426 e. The normalized spacial score (nSPS) is 17.1. The van der Waals surface area contributed by atoms with Crippen LogP contribution in [0, 0.1) is 22.7 Å². The van der Waals surface area contributed by atoms with Crippen molar-refractivity contribution in [1.82, 2.24) is 0 Å². The van der Waals surface area contributed by atoms with E-state index >= 15 is 0 Å². The van der Waals surface area contributed by atoms with Crippen molar-refractivity contribution in [3.63, 3.8) is 0 Å². The molecule has 2 aliphatic rings.